The van der Waals surface area contributed by atoms with Crippen LogP contribution in [0.25, 0.3) is 11.5 Å². The van der Waals surface area contributed by atoms with Crippen molar-refractivity contribution in [1.82, 2.24) is 15.1 Å². The van der Waals surface area contributed by atoms with Crippen LogP contribution in [0.3, 0.4) is 0 Å². The van der Waals surface area contributed by atoms with Crippen molar-refractivity contribution in [2.45, 2.75) is 13.1 Å². The zero-order valence-electron chi connectivity index (χ0n) is 13.6. The Hall–Kier alpha value is -2.18. The fraction of sp³-hybridized carbons (Fsp3) is 0.222. The standard InChI is InChI=1S/C18H18BrN3O2/c1-22(11-13-7-9-14(23-2)10-8-13)12-17-20-21-18(24-17)15-5-3-4-6-16(15)19/h3-10H,11-12H2,1-2H3. The Morgan fingerprint density at radius 2 is 1.79 bits per heavy atom. The molecule has 2 aromatic carbocycles. The molecule has 0 radical (unpaired) electrons. The summed E-state index contributed by atoms with van der Waals surface area (Å²) >= 11 is 3.50. The summed E-state index contributed by atoms with van der Waals surface area (Å²) in [7, 11) is 3.69. The number of halogens is 1. The third kappa shape index (κ3) is 4.01. The molecule has 0 aliphatic carbocycles. The smallest absolute Gasteiger partial charge is 0.248 e. The van der Waals surface area contributed by atoms with Gasteiger partial charge in [0.15, 0.2) is 0 Å². The molecule has 1 heterocycles. The molecular weight excluding hydrogens is 370 g/mol. The quantitative estimate of drug-likeness (QED) is 0.635. The first-order valence-corrected chi connectivity index (χ1v) is 8.34. The highest BCUT2D eigenvalue weighted by Gasteiger charge is 2.12. The second kappa shape index (κ2) is 7.59. The van der Waals surface area contributed by atoms with E-state index in [1.807, 2.05) is 43.4 Å². The maximum absolute atomic E-state index is 5.78. The third-order valence-electron chi connectivity index (χ3n) is 3.59. The molecule has 0 aliphatic heterocycles. The van der Waals surface area contributed by atoms with Crippen molar-refractivity contribution >= 4 is 15.9 Å². The summed E-state index contributed by atoms with van der Waals surface area (Å²) in [5.41, 5.74) is 2.10. The summed E-state index contributed by atoms with van der Waals surface area (Å²) in [6.45, 7) is 1.38. The largest absolute Gasteiger partial charge is 0.497 e. The fourth-order valence-corrected chi connectivity index (χ4v) is 2.84. The van der Waals surface area contributed by atoms with E-state index in [0.29, 0.717) is 18.3 Å². The molecule has 3 rings (SSSR count). The summed E-state index contributed by atoms with van der Waals surface area (Å²) in [5.74, 6) is 1.98. The maximum atomic E-state index is 5.78. The average Bonchev–Trinajstić information content (AvgIpc) is 3.04. The molecule has 0 atom stereocenters. The molecule has 1 aromatic heterocycles. The lowest BCUT2D eigenvalue weighted by Crippen LogP contribution is -2.17. The van der Waals surface area contributed by atoms with Crippen LogP contribution in [0.15, 0.2) is 57.4 Å². The van der Waals surface area contributed by atoms with E-state index in [-0.39, 0.29) is 0 Å². The maximum Gasteiger partial charge on any atom is 0.248 e. The van der Waals surface area contributed by atoms with Crippen LogP contribution < -0.4 is 4.74 Å². The van der Waals surface area contributed by atoms with Crippen LogP contribution in [0.1, 0.15) is 11.5 Å². The van der Waals surface area contributed by atoms with E-state index in [1.54, 1.807) is 7.11 Å². The highest BCUT2D eigenvalue weighted by atomic mass is 79.9. The first-order valence-electron chi connectivity index (χ1n) is 7.54. The van der Waals surface area contributed by atoms with E-state index < -0.39 is 0 Å². The molecule has 0 saturated heterocycles. The van der Waals surface area contributed by atoms with Crippen molar-refractivity contribution in [1.29, 1.82) is 0 Å². The monoisotopic (exact) mass is 387 g/mol. The van der Waals surface area contributed by atoms with Gasteiger partial charge in [0.1, 0.15) is 5.75 Å². The van der Waals surface area contributed by atoms with E-state index in [9.17, 15) is 0 Å². The number of rotatable bonds is 6. The summed E-state index contributed by atoms with van der Waals surface area (Å²) in [5, 5.41) is 8.28. The second-order valence-electron chi connectivity index (χ2n) is 5.50. The average molecular weight is 388 g/mol. The van der Waals surface area contributed by atoms with Crippen molar-refractivity contribution in [2.24, 2.45) is 0 Å². The Bertz CT molecular complexity index is 802. The van der Waals surface area contributed by atoms with Gasteiger partial charge in [0.25, 0.3) is 0 Å². The van der Waals surface area contributed by atoms with Crippen LogP contribution in [-0.4, -0.2) is 29.3 Å². The van der Waals surface area contributed by atoms with Gasteiger partial charge in [0.05, 0.1) is 19.2 Å². The molecular formula is C18H18BrN3O2. The van der Waals surface area contributed by atoms with Crippen molar-refractivity contribution in [3.63, 3.8) is 0 Å². The van der Waals surface area contributed by atoms with E-state index >= 15 is 0 Å². The Balaban J connectivity index is 1.64. The molecule has 0 bridgehead atoms. The molecule has 24 heavy (non-hydrogen) atoms. The first kappa shape index (κ1) is 16.7. The zero-order chi connectivity index (χ0) is 16.9. The zero-order valence-corrected chi connectivity index (χ0v) is 15.2. The van der Waals surface area contributed by atoms with Crippen LogP contribution in [0.4, 0.5) is 0 Å². The molecule has 0 fully saturated rings. The normalized spacial score (nSPS) is 11.0. The van der Waals surface area contributed by atoms with Gasteiger partial charge < -0.3 is 9.15 Å². The molecule has 3 aromatic rings. The molecule has 6 heteroatoms. The minimum absolute atomic E-state index is 0.523. The van der Waals surface area contributed by atoms with Crippen molar-refractivity contribution in [3.8, 4) is 17.2 Å². The van der Waals surface area contributed by atoms with E-state index in [2.05, 4.69) is 43.2 Å². The molecule has 0 N–H and O–H groups in total. The molecule has 0 amide bonds. The topological polar surface area (TPSA) is 51.4 Å². The van der Waals surface area contributed by atoms with Crippen molar-refractivity contribution < 1.29 is 9.15 Å². The number of ether oxygens (including phenoxy) is 1. The molecule has 124 valence electrons. The van der Waals surface area contributed by atoms with Crippen LogP contribution in [0.2, 0.25) is 0 Å². The molecule has 0 aliphatic rings. The minimum atomic E-state index is 0.523. The summed E-state index contributed by atoms with van der Waals surface area (Å²) in [6, 6.07) is 15.8. The Labute approximate surface area is 149 Å². The van der Waals surface area contributed by atoms with Gasteiger partial charge >= 0.3 is 0 Å². The van der Waals surface area contributed by atoms with E-state index in [4.69, 9.17) is 9.15 Å². The number of hydrogen-bond donors (Lipinski definition) is 0. The molecule has 0 unspecified atom stereocenters. The second-order valence-corrected chi connectivity index (χ2v) is 6.36. The highest BCUT2D eigenvalue weighted by Crippen LogP contribution is 2.26. The van der Waals surface area contributed by atoms with Crippen LogP contribution >= 0.6 is 15.9 Å². The Morgan fingerprint density at radius 3 is 2.50 bits per heavy atom. The van der Waals surface area contributed by atoms with Crippen LogP contribution in [0, 0.1) is 0 Å². The van der Waals surface area contributed by atoms with Crippen LogP contribution in [0.5, 0.6) is 5.75 Å². The van der Waals surface area contributed by atoms with Gasteiger partial charge in [-0.25, -0.2) is 0 Å². The van der Waals surface area contributed by atoms with Gasteiger partial charge in [-0.05, 0) is 52.8 Å². The van der Waals surface area contributed by atoms with Crippen LogP contribution in [-0.2, 0) is 13.1 Å². The van der Waals surface area contributed by atoms with Crippen molar-refractivity contribution in [2.75, 3.05) is 14.2 Å². The SMILES string of the molecule is COc1ccc(CN(C)Cc2nnc(-c3ccccc3Br)o2)cc1. The van der Waals surface area contributed by atoms with Gasteiger partial charge in [-0.15, -0.1) is 10.2 Å². The predicted molar refractivity (Wildman–Crippen MR) is 95.6 cm³/mol. The summed E-state index contributed by atoms with van der Waals surface area (Å²) in [6.07, 6.45) is 0. The number of aromatic nitrogens is 2. The first-order chi connectivity index (χ1) is 11.7. The lowest BCUT2D eigenvalue weighted by Gasteiger charge is -2.14. The molecule has 0 spiro atoms. The Morgan fingerprint density at radius 1 is 1.04 bits per heavy atom. The third-order valence-corrected chi connectivity index (χ3v) is 4.28. The Kier molecular flexibility index (Phi) is 5.27. The number of hydrogen-bond acceptors (Lipinski definition) is 5. The predicted octanol–water partition coefficient (Wildman–Crippen LogP) is 4.14. The minimum Gasteiger partial charge on any atom is -0.497 e. The number of methoxy groups -OCH3 is 1. The lowest BCUT2D eigenvalue weighted by molar-refractivity contribution is 0.282. The van der Waals surface area contributed by atoms with Gasteiger partial charge in [-0.2, -0.15) is 0 Å². The molecule has 5 nitrogen and oxygen atoms in total. The summed E-state index contributed by atoms with van der Waals surface area (Å²) < 4.78 is 11.9. The fourth-order valence-electron chi connectivity index (χ4n) is 2.39. The molecule has 0 saturated carbocycles. The number of nitrogens with zero attached hydrogens (tertiary/aromatic N) is 3. The van der Waals surface area contributed by atoms with Gasteiger partial charge in [-0.1, -0.05) is 24.3 Å². The lowest BCUT2D eigenvalue weighted by atomic mass is 10.2. The van der Waals surface area contributed by atoms with Gasteiger partial charge in [0.2, 0.25) is 11.8 Å². The van der Waals surface area contributed by atoms with Gasteiger partial charge in [0, 0.05) is 11.0 Å². The van der Waals surface area contributed by atoms with E-state index in [0.717, 1.165) is 22.3 Å². The number of benzene rings is 2. The highest BCUT2D eigenvalue weighted by molar-refractivity contribution is 9.10. The summed E-state index contributed by atoms with van der Waals surface area (Å²) in [4.78, 5) is 2.12. The van der Waals surface area contributed by atoms with Gasteiger partial charge in [-0.3, -0.25) is 4.90 Å². The van der Waals surface area contributed by atoms with E-state index in [1.165, 1.54) is 5.56 Å². The van der Waals surface area contributed by atoms with Crippen molar-refractivity contribution in [3.05, 3.63) is 64.5 Å².